The van der Waals surface area contributed by atoms with Crippen LogP contribution >= 0.6 is 0 Å². The summed E-state index contributed by atoms with van der Waals surface area (Å²) in [5.41, 5.74) is 5.47. The van der Waals surface area contributed by atoms with Gasteiger partial charge in [0.25, 0.3) is 6.43 Å². The number of carbonyl (C=O) groups excluding carboxylic acids is 1. The lowest BCUT2D eigenvalue weighted by atomic mass is 10.3. The summed E-state index contributed by atoms with van der Waals surface area (Å²) >= 11 is 0. The number of hydrogen-bond donors (Lipinski definition) is 1. The summed E-state index contributed by atoms with van der Waals surface area (Å²) in [4.78, 5) is 12.8. The zero-order valence-corrected chi connectivity index (χ0v) is 7.79. The van der Waals surface area contributed by atoms with Gasteiger partial charge in [0.1, 0.15) is 6.61 Å². The maximum absolute atomic E-state index is 11.6. The molecule has 1 fully saturated rings. The van der Waals surface area contributed by atoms with E-state index in [1.54, 1.807) is 0 Å². The Balaban J connectivity index is 2.10. The van der Waals surface area contributed by atoms with Crippen molar-refractivity contribution < 1.29 is 18.3 Å². The Bertz CT molecular complexity index is 202. The molecule has 1 unspecified atom stereocenters. The van der Waals surface area contributed by atoms with E-state index >= 15 is 0 Å². The first-order valence-electron chi connectivity index (χ1n) is 4.51. The van der Waals surface area contributed by atoms with Crippen LogP contribution < -0.4 is 5.73 Å². The number of carbonyl (C=O) groups is 1. The SMILES string of the molecule is NC1CCN(CCOCC(F)F)C1=O. The summed E-state index contributed by atoms with van der Waals surface area (Å²) in [5.74, 6) is -0.120. The van der Waals surface area contributed by atoms with E-state index in [0.29, 0.717) is 19.5 Å². The van der Waals surface area contributed by atoms with Crippen LogP contribution in [0.25, 0.3) is 0 Å². The van der Waals surface area contributed by atoms with E-state index in [2.05, 4.69) is 4.74 Å². The number of nitrogens with zero attached hydrogens (tertiary/aromatic N) is 1. The second kappa shape index (κ2) is 5.21. The number of halogens is 2. The van der Waals surface area contributed by atoms with Crippen molar-refractivity contribution in [3.8, 4) is 0 Å². The lowest BCUT2D eigenvalue weighted by Gasteiger charge is -2.15. The smallest absolute Gasteiger partial charge is 0.261 e. The zero-order chi connectivity index (χ0) is 10.6. The van der Waals surface area contributed by atoms with Gasteiger partial charge in [0.15, 0.2) is 0 Å². The van der Waals surface area contributed by atoms with Crippen LogP contribution in [0.5, 0.6) is 0 Å². The van der Waals surface area contributed by atoms with E-state index < -0.39 is 19.1 Å². The van der Waals surface area contributed by atoms with Crippen LogP contribution in [0.2, 0.25) is 0 Å². The molecular weight excluding hydrogens is 194 g/mol. The predicted molar refractivity (Wildman–Crippen MR) is 46.0 cm³/mol. The number of hydrogen-bond acceptors (Lipinski definition) is 3. The van der Waals surface area contributed by atoms with Crippen molar-refractivity contribution in [1.82, 2.24) is 4.90 Å². The Kier molecular flexibility index (Phi) is 4.21. The minimum absolute atomic E-state index is 0.120. The molecular formula is C8H14F2N2O2. The van der Waals surface area contributed by atoms with Gasteiger partial charge >= 0.3 is 0 Å². The van der Waals surface area contributed by atoms with Gasteiger partial charge in [-0.1, -0.05) is 0 Å². The average Bonchev–Trinajstić information content (AvgIpc) is 2.43. The Labute approximate surface area is 81.0 Å². The maximum atomic E-state index is 11.6. The molecule has 0 radical (unpaired) electrons. The van der Waals surface area contributed by atoms with Gasteiger partial charge in [0, 0.05) is 13.1 Å². The second-order valence-electron chi connectivity index (χ2n) is 3.19. The van der Waals surface area contributed by atoms with Gasteiger partial charge in [-0.05, 0) is 6.42 Å². The highest BCUT2D eigenvalue weighted by atomic mass is 19.3. The van der Waals surface area contributed by atoms with Crippen molar-refractivity contribution in [2.75, 3.05) is 26.3 Å². The van der Waals surface area contributed by atoms with Crippen LogP contribution in [0.15, 0.2) is 0 Å². The average molecular weight is 208 g/mol. The molecule has 0 saturated carbocycles. The molecule has 14 heavy (non-hydrogen) atoms. The number of likely N-dealkylation sites (tertiary alicyclic amines) is 1. The third-order valence-corrected chi connectivity index (χ3v) is 2.09. The first kappa shape index (κ1) is 11.3. The van der Waals surface area contributed by atoms with Gasteiger partial charge in [-0.25, -0.2) is 8.78 Å². The fraction of sp³-hybridized carbons (Fsp3) is 0.875. The Morgan fingerprint density at radius 2 is 2.36 bits per heavy atom. The van der Waals surface area contributed by atoms with E-state index in [9.17, 15) is 13.6 Å². The summed E-state index contributed by atoms with van der Waals surface area (Å²) in [7, 11) is 0. The number of ether oxygens (including phenoxy) is 1. The molecule has 0 bridgehead atoms. The van der Waals surface area contributed by atoms with E-state index in [1.165, 1.54) is 4.90 Å². The fourth-order valence-corrected chi connectivity index (χ4v) is 1.33. The topological polar surface area (TPSA) is 55.6 Å². The molecule has 0 aliphatic carbocycles. The number of alkyl halides is 2. The van der Waals surface area contributed by atoms with Gasteiger partial charge in [-0.15, -0.1) is 0 Å². The van der Waals surface area contributed by atoms with Crippen molar-refractivity contribution >= 4 is 5.91 Å². The largest absolute Gasteiger partial charge is 0.374 e. The molecule has 4 nitrogen and oxygen atoms in total. The molecule has 82 valence electrons. The molecule has 0 aromatic rings. The highest BCUT2D eigenvalue weighted by Gasteiger charge is 2.27. The monoisotopic (exact) mass is 208 g/mol. The van der Waals surface area contributed by atoms with Crippen molar-refractivity contribution in [2.24, 2.45) is 5.73 Å². The summed E-state index contributed by atoms with van der Waals surface area (Å²) in [6, 6.07) is -0.426. The molecule has 1 aliphatic heterocycles. The third-order valence-electron chi connectivity index (χ3n) is 2.09. The van der Waals surface area contributed by atoms with Crippen molar-refractivity contribution in [3.05, 3.63) is 0 Å². The number of rotatable bonds is 5. The Hall–Kier alpha value is -0.750. The van der Waals surface area contributed by atoms with Crippen molar-refractivity contribution in [1.29, 1.82) is 0 Å². The van der Waals surface area contributed by atoms with E-state index in [0.717, 1.165) is 0 Å². The highest BCUT2D eigenvalue weighted by Crippen LogP contribution is 2.08. The number of nitrogens with two attached hydrogens (primary N) is 1. The Morgan fingerprint density at radius 1 is 1.64 bits per heavy atom. The standard InChI is InChI=1S/C8H14F2N2O2/c9-7(10)5-14-4-3-12-2-1-6(11)8(12)13/h6-7H,1-5,11H2. The molecule has 0 aromatic carbocycles. The molecule has 1 heterocycles. The third kappa shape index (κ3) is 3.19. The molecule has 1 atom stereocenters. The van der Waals surface area contributed by atoms with Crippen LogP contribution in [-0.4, -0.2) is 49.6 Å². The van der Waals surface area contributed by atoms with E-state index in [-0.39, 0.29) is 12.5 Å². The zero-order valence-electron chi connectivity index (χ0n) is 7.79. The summed E-state index contributed by atoms with van der Waals surface area (Å²) in [6.07, 6.45) is -1.82. The minimum Gasteiger partial charge on any atom is -0.374 e. The summed E-state index contributed by atoms with van der Waals surface area (Å²) in [5, 5.41) is 0. The maximum Gasteiger partial charge on any atom is 0.261 e. The molecule has 0 aromatic heterocycles. The fourth-order valence-electron chi connectivity index (χ4n) is 1.33. The normalized spacial score (nSPS) is 22.4. The lowest BCUT2D eigenvalue weighted by Crippen LogP contribution is -2.36. The van der Waals surface area contributed by atoms with Gasteiger partial charge in [0.2, 0.25) is 5.91 Å². The first-order valence-corrected chi connectivity index (χ1v) is 4.51. The number of amides is 1. The van der Waals surface area contributed by atoms with Crippen LogP contribution in [-0.2, 0) is 9.53 Å². The van der Waals surface area contributed by atoms with Crippen molar-refractivity contribution in [2.45, 2.75) is 18.9 Å². The molecule has 0 spiro atoms. The van der Waals surface area contributed by atoms with Crippen LogP contribution in [0.3, 0.4) is 0 Å². The highest BCUT2D eigenvalue weighted by molar-refractivity contribution is 5.83. The van der Waals surface area contributed by atoms with Crippen LogP contribution in [0.1, 0.15) is 6.42 Å². The van der Waals surface area contributed by atoms with Crippen LogP contribution in [0.4, 0.5) is 8.78 Å². The summed E-state index contributed by atoms with van der Waals surface area (Å²) in [6.45, 7) is 0.508. The van der Waals surface area contributed by atoms with Crippen LogP contribution in [0, 0.1) is 0 Å². The molecule has 1 aliphatic rings. The van der Waals surface area contributed by atoms with Gasteiger partial charge in [0.05, 0.1) is 12.6 Å². The van der Waals surface area contributed by atoms with E-state index in [4.69, 9.17) is 5.73 Å². The van der Waals surface area contributed by atoms with E-state index in [1.807, 2.05) is 0 Å². The van der Waals surface area contributed by atoms with Gasteiger partial charge in [-0.3, -0.25) is 4.79 Å². The second-order valence-corrected chi connectivity index (χ2v) is 3.19. The molecule has 1 rings (SSSR count). The predicted octanol–water partition coefficient (Wildman–Crippen LogP) is -0.172. The molecule has 1 saturated heterocycles. The van der Waals surface area contributed by atoms with Gasteiger partial charge < -0.3 is 15.4 Å². The Morgan fingerprint density at radius 3 is 2.86 bits per heavy atom. The molecule has 6 heteroatoms. The molecule has 2 N–H and O–H groups in total. The minimum atomic E-state index is -2.45. The molecule has 1 amide bonds. The quantitative estimate of drug-likeness (QED) is 0.638. The van der Waals surface area contributed by atoms with Gasteiger partial charge in [-0.2, -0.15) is 0 Å². The van der Waals surface area contributed by atoms with Crippen molar-refractivity contribution in [3.63, 3.8) is 0 Å². The summed E-state index contributed by atoms with van der Waals surface area (Å²) < 4.78 is 28.0. The first-order chi connectivity index (χ1) is 6.61. The lowest BCUT2D eigenvalue weighted by molar-refractivity contribution is -0.129.